The molecule has 0 aliphatic carbocycles. The summed E-state index contributed by atoms with van der Waals surface area (Å²) >= 11 is 0. The van der Waals surface area contributed by atoms with Crippen molar-refractivity contribution in [3.8, 4) is 0 Å². The maximum Gasteiger partial charge on any atom is 0.311 e. The molecule has 1 aliphatic rings. The second-order valence-electron chi connectivity index (χ2n) is 4.19. The van der Waals surface area contributed by atoms with Crippen LogP contribution in [0.5, 0.6) is 0 Å². The molecule has 0 radical (unpaired) electrons. The van der Waals surface area contributed by atoms with E-state index < -0.39 is 11.8 Å². The summed E-state index contributed by atoms with van der Waals surface area (Å²) in [5, 5.41) is 2.60. The largest absolute Gasteiger partial charge is 0.380 e. The predicted octanol–water partition coefficient (Wildman–Crippen LogP) is -0.773. The fourth-order valence-corrected chi connectivity index (χ4v) is 1.12. The van der Waals surface area contributed by atoms with Gasteiger partial charge in [-0.1, -0.05) is 6.92 Å². The van der Waals surface area contributed by atoms with Gasteiger partial charge in [-0.05, 0) is 0 Å². The molecule has 14 heavy (non-hydrogen) atoms. The summed E-state index contributed by atoms with van der Waals surface area (Å²) in [5.74, 6) is -1.07. The number of amides is 2. The number of ether oxygens (including phenoxy) is 1. The summed E-state index contributed by atoms with van der Waals surface area (Å²) in [4.78, 5) is 23.6. The molecule has 0 unspecified atom stereocenters. The maximum absolute atomic E-state index is 11.2. The number of carbonyl (C=O) groups excluding carboxylic acids is 2. The van der Waals surface area contributed by atoms with Gasteiger partial charge in [0, 0.05) is 26.1 Å². The van der Waals surface area contributed by atoms with Crippen LogP contribution in [0.15, 0.2) is 0 Å². The van der Waals surface area contributed by atoms with Gasteiger partial charge in [0.2, 0.25) is 0 Å². The Morgan fingerprint density at radius 2 is 2.00 bits per heavy atom. The summed E-state index contributed by atoms with van der Waals surface area (Å²) < 4.78 is 5.03. The van der Waals surface area contributed by atoms with Crippen LogP contribution in [0.25, 0.3) is 0 Å². The first-order chi connectivity index (χ1) is 6.44. The number of carbonyl (C=O) groups is 2. The van der Waals surface area contributed by atoms with Crippen LogP contribution in [0.3, 0.4) is 0 Å². The number of nitrogens with one attached hydrogen (secondary N) is 1. The highest BCUT2D eigenvalue weighted by molar-refractivity contribution is 6.34. The van der Waals surface area contributed by atoms with Crippen LogP contribution in [0.2, 0.25) is 0 Å². The van der Waals surface area contributed by atoms with Crippen LogP contribution in [-0.2, 0) is 14.3 Å². The molecule has 80 valence electrons. The van der Waals surface area contributed by atoms with Crippen molar-refractivity contribution in [3.63, 3.8) is 0 Å². The molecule has 1 heterocycles. The van der Waals surface area contributed by atoms with Crippen LogP contribution in [-0.4, -0.2) is 50.6 Å². The highest BCUT2D eigenvalue weighted by Crippen LogP contribution is 2.24. The third-order valence-corrected chi connectivity index (χ3v) is 2.18. The number of hydrogen-bond acceptors (Lipinski definition) is 3. The van der Waals surface area contributed by atoms with Crippen molar-refractivity contribution >= 4 is 11.8 Å². The van der Waals surface area contributed by atoms with E-state index >= 15 is 0 Å². The lowest BCUT2D eigenvalue weighted by Gasteiger charge is -2.37. The molecule has 2 amide bonds. The molecule has 5 heteroatoms. The molecule has 0 aromatic heterocycles. The second kappa shape index (κ2) is 3.96. The molecule has 0 aromatic rings. The van der Waals surface area contributed by atoms with Crippen LogP contribution < -0.4 is 5.32 Å². The van der Waals surface area contributed by atoms with Gasteiger partial charge in [-0.3, -0.25) is 9.59 Å². The zero-order chi connectivity index (χ0) is 10.8. The molecule has 0 bridgehead atoms. The van der Waals surface area contributed by atoms with Gasteiger partial charge in [-0.15, -0.1) is 0 Å². The summed E-state index contributed by atoms with van der Waals surface area (Å²) in [6.45, 7) is 3.79. The summed E-state index contributed by atoms with van der Waals surface area (Å²) in [6, 6.07) is 0. The predicted molar refractivity (Wildman–Crippen MR) is 50.6 cm³/mol. The topological polar surface area (TPSA) is 58.6 Å². The molecular formula is C9H16N2O3. The smallest absolute Gasteiger partial charge is 0.311 e. The van der Waals surface area contributed by atoms with Crippen molar-refractivity contribution in [1.29, 1.82) is 0 Å². The number of nitrogens with zero attached hydrogens (tertiary/aromatic N) is 1. The molecule has 1 N–H and O–H groups in total. The van der Waals surface area contributed by atoms with Crippen molar-refractivity contribution in [2.75, 3.05) is 33.9 Å². The van der Waals surface area contributed by atoms with E-state index in [1.165, 1.54) is 4.90 Å². The van der Waals surface area contributed by atoms with Crippen LogP contribution in [0.4, 0.5) is 0 Å². The highest BCUT2D eigenvalue weighted by Gasteiger charge is 2.34. The average Bonchev–Trinajstić information content (AvgIpc) is 2.09. The van der Waals surface area contributed by atoms with E-state index in [0.29, 0.717) is 19.8 Å². The normalized spacial score (nSPS) is 18.2. The molecule has 0 atom stereocenters. The lowest BCUT2D eigenvalue weighted by molar-refractivity contribution is -0.146. The van der Waals surface area contributed by atoms with E-state index in [9.17, 15) is 9.59 Å². The van der Waals surface area contributed by atoms with Gasteiger partial charge in [-0.25, -0.2) is 0 Å². The first-order valence-corrected chi connectivity index (χ1v) is 4.52. The van der Waals surface area contributed by atoms with Crippen molar-refractivity contribution in [3.05, 3.63) is 0 Å². The molecule has 0 spiro atoms. The van der Waals surface area contributed by atoms with Crippen molar-refractivity contribution in [1.82, 2.24) is 10.2 Å². The number of hydrogen-bond donors (Lipinski definition) is 1. The molecule has 1 aliphatic heterocycles. The van der Waals surface area contributed by atoms with Crippen molar-refractivity contribution < 1.29 is 14.3 Å². The van der Waals surface area contributed by atoms with Crippen LogP contribution in [0.1, 0.15) is 6.92 Å². The maximum atomic E-state index is 11.2. The van der Waals surface area contributed by atoms with E-state index in [2.05, 4.69) is 5.32 Å². The lowest BCUT2D eigenvalue weighted by Crippen LogP contribution is -2.51. The second-order valence-corrected chi connectivity index (χ2v) is 4.19. The SMILES string of the molecule is CN(C)C(=O)C(=O)NCC1(C)COC1. The zero-order valence-electron chi connectivity index (χ0n) is 8.79. The van der Waals surface area contributed by atoms with E-state index in [1.807, 2.05) is 6.92 Å². The van der Waals surface area contributed by atoms with Gasteiger partial charge in [0.1, 0.15) is 0 Å². The molecule has 1 fully saturated rings. The first-order valence-electron chi connectivity index (χ1n) is 4.52. The molecule has 0 saturated carbocycles. The van der Waals surface area contributed by atoms with Gasteiger partial charge in [-0.2, -0.15) is 0 Å². The zero-order valence-corrected chi connectivity index (χ0v) is 8.79. The van der Waals surface area contributed by atoms with Crippen LogP contribution in [0, 0.1) is 5.41 Å². The van der Waals surface area contributed by atoms with Crippen LogP contribution >= 0.6 is 0 Å². The van der Waals surface area contributed by atoms with Gasteiger partial charge < -0.3 is 15.0 Å². The quantitative estimate of drug-likeness (QED) is 0.595. The summed E-state index contributed by atoms with van der Waals surface area (Å²) in [6.07, 6.45) is 0. The molecule has 1 rings (SSSR count). The average molecular weight is 200 g/mol. The first kappa shape index (κ1) is 11.0. The third kappa shape index (κ3) is 2.45. The Morgan fingerprint density at radius 1 is 1.43 bits per heavy atom. The Bertz CT molecular complexity index is 246. The van der Waals surface area contributed by atoms with E-state index in [-0.39, 0.29) is 5.41 Å². The highest BCUT2D eigenvalue weighted by atomic mass is 16.5. The Balaban J connectivity index is 2.31. The lowest BCUT2D eigenvalue weighted by atomic mass is 9.89. The Labute approximate surface area is 83.4 Å². The Morgan fingerprint density at radius 3 is 2.36 bits per heavy atom. The monoisotopic (exact) mass is 200 g/mol. The minimum atomic E-state index is -0.553. The van der Waals surface area contributed by atoms with E-state index in [0.717, 1.165) is 0 Å². The number of rotatable bonds is 2. The van der Waals surface area contributed by atoms with Crippen molar-refractivity contribution in [2.45, 2.75) is 6.92 Å². The summed E-state index contributed by atoms with van der Waals surface area (Å²) in [5.41, 5.74) is 0.00223. The summed E-state index contributed by atoms with van der Waals surface area (Å²) in [7, 11) is 3.10. The van der Waals surface area contributed by atoms with E-state index in [4.69, 9.17) is 4.74 Å². The van der Waals surface area contributed by atoms with Gasteiger partial charge in [0.25, 0.3) is 0 Å². The molecule has 0 aromatic carbocycles. The minimum Gasteiger partial charge on any atom is -0.380 e. The Hall–Kier alpha value is -1.10. The standard InChI is InChI=1S/C9H16N2O3/c1-9(5-14-6-9)4-10-7(12)8(13)11(2)3/h4-6H2,1-3H3,(H,10,12). The minimum absolute atomic E-state index is 0.00223. The molecule has 5 nitrogen and oxygen atoms in total. The van der Waals surface area contributed by atoms with E-state index in [1.54, 1.807) is 14.1 Å². The van der Waals surface area contributed by atoms with Crippen molar-refractivity contribution in [2.24, 2.45) is 5.41 Å². The fraction of sp³-hybridized carbons (Fsp3) is 0.778. The molecular weight excluding hydrogens is 184 g/mol. The molecule has 1 saturated heterocycles. The van der Waals surface area contributed by atoms with Gasteiger partial charge in [0.15, 0.2) is 0 Å². The van der Waals surface area contributed by atoms with Gasteiger partial charge in [0.05, 0.1) is 13.2 Å². The Kier molecular flexibility index (Phi) is 3.10. The third-order valence-electron chi connectivity index (χ3n) is 2.18. The fourth-order valence-electron chi connectivity index (χ4n) is 1.12. The number of likely N-dealkylation sites (N-methyl/N-ethyl adjacent to an activating group) is 1. The van der Waals surface area contributed by atoms with Gasteiger partial charge >= 0.3 is 11.8 Å².